The molecule has 3 N–H and O–H groups in total. The molecule has 5 nitrogen and oxygen atoms in total. The molecule has 28 heavy (non-hydrogen) atoms. The Kier molecular flexibility index (Phi) is 3.76. The third-order valence-corrected chi connectivity index (χ3v) is 5.73. The van der Waals surface area contributed by atoms with Crippen LogP contribution in [-0.4, -0.2) is 24.2 Å². The summed E-state index contributed by atoms with van der Waals surface area (Å²) in [6.45, 7) is 5.42. The van der Waals surface area contributed by atoms with Crippen LogP contribution in [0.15, 0.2) is 49.0 Å². The number of rotatable bonds is 2. The second kappa shape index (κ2) is 6.30. The SMILES string of the molecule is C=Cc1c(NC(=O)N2CCc3c2cc(O)c2ccccc32)ccc2c1CCN2. The van der Waals surface area contributed by atoms with E-state index in [2.05, 4.69) is 17.2 Å². The lowest BCUT2D eigenvalue weighted by Gasteiger charge is -2.20. The van der Waals surface area contributed by atoms with Crippen LogP contribution in [0.3, 0.4) is 0 Å². The zero-order chi connectivity index (χ0) is 19.3. The zero-order valence-corrected chi connectivity index (χ0v) is 15.5. The molecule has 3 aromatic carbocycles. The van der Waals surface area contributed by atoms with E-state index in [1.807, 2.05) is 36.4 Å². The molecule has 0 spiro atoms. The predicted octanol–water partition coefficient (Wildman–Crippen LogP) is 4.75. The van der Waals surface area contributed by atoms with Gasteiger partial charge in [-0.3, -0.25) is 4.90 Å². The van der Waals surface area contributed by atoms with Gasteiger partial charge in [0, 0.05) is 35.8 Å². The van der Waals surface area contributed by atoms with E-state index in [0.29, 0.717) is 6.54 Å². The largest absolute Gasteiger partial charge is 0.507 e. The average Bonchev–Trinajstić information content (AvgIpc) is 3.35. The van der Waals surface area contributed by atoms with Crippen LogP contribution >= 0.6 is 0 Å². The Morgan fingerprint density at radius 2 is 1.96 bits per heavy atom. The van der Waals surface area contributed by atoms with Crippen LogP contribution in [0.4, 0.5) is 21.9 Å². The summed E-state index contributed by atoms with van der Waals surface area (Å²) in [5.41, 5.74) is 5.91. The van der Waals surface area contributed by atoms with Crippen LogP contribution in [0, 0.1) is 0 Å². The quantitative estimate of drug-likeness (QED) is 0.609. The number of carbonyl (C=O) groups excluding carboxylic acids is 1. The van der Waals surface area contributed by atoms with Crippen LogP contribution in [-0.2, 0) is 12.8 Å². The summed E-state index contributed by atoms with van der Waals surface area (Å²) in [5.74, 6) is 0.199. The lowest BCUT2D eigenvalue weighted by Crippen LogP contribution is -2.33. The number of phenolic OH excluding ortho intramolecular Hbond substituents is 1. The smallest absolute Gasteiger partial charge is 0.326 e. The molecule has 2 heterocycles. The first-order chi connectivity index (χ1) is 13.7. The number of phenols is 1. The Labute approximate surface area is 163 Å². The Hall–Kier alpha value is -3.47. The molecule has 0 bridgehead atoms. The maximum atomic E-state index is 13.1. The Morgan fingerprint density at radius 3 is 2.79 bits per heavy atom. The van der Waals surface area contributed by atoms with E-state index in [1.165, 1.54) is 5.56 Å². The van der Waals surface area contributed by atoms with E-state index in [4.69, 9.17) is 0 Å². The second-order valence-electron chi connectivity index (χ2n) is 7.20. The van der Waals surface area contributed by atoms with Gasteiger partial charge in [-0.1, -0.05) is 36.9 Å². The summed E-state index contributed by atoms with van der Waals surface area (Å²) in [4.78, 5) is 14.8. The number of nitrogens with one attached hydrogen (secondary N) is 2. The lowest BCUT2D eigenvalue weighted by atomic mass is 10.0. The molecule has 2 amide bonds. The third-order valence-electron chi connectivity index (χ3n) is 5.73. The van der Waals surface area contributed by atoms with E-state index < -0.39 is 0 Å². The number of anilines is 3. The van der Waals surface area contributed by atoms with Crippen molar-refractivity contribution < 1.29 is 9.90 Å². The standard InChI is InChI=1S/C23H21N3O2/c1-2-14-16-9-11-24-19(16)7-8-20(14)25-23(28)26-12-10-17-15-5-3-4-6-18(15)22(27)13-21(17)26/h2-8,13,24,27H,1,9-12H2,(H,25,28). The van der Waals surface area contributed by atoms with Crippen LogP contribution in [0.5, 0.6) is 5.75 Å². The number of nitrogens with zero attached hydrogens (tertiary/aromatic N) is 1. The number of aromatic hydroxyl groups is 1. The molecule has 0 radical (unpaired) electrons. The van der Waals surface area contributed by atoms with Crippen LogP contribution in [0.1, 0.15) is 16.7 Å². The van der Waals surface area contributed by atoms with Crippen LogP contribution in [0.2, 0.25) is 0 Å². The van der Waals surface area contributed by atoms with Crippen molar-refractivity contribution in [3.63, 3.8) is 0 Å². The first kappa shape index (κ1) is 16.7. The van der Waals surface area contributed by atoms with Crippen molar-refractivity contribution in [3.8, 4) is 5.75 Å². The number of urea groups is 1. The number of hydrogen-bond acceptors (Lipinski definition) is 3. The summed E-state index contributed by atoms with van der Waals surface area (Å²) >= 11 is 0. The van der Waals surface area contributed by atoms with Crippen LogP contribution in [0.25, 0.3) is 16.8 Å². The minimum atomic E-state index is -0.192. The topological polar surface area (TPSA) is 64.6 Å². The first-order valence-electron chi connectivity index (χ1n) is 9.51. The van der Waals surface area contributed by atoms with Crippen molar-refractivity contribution >= 4 is 39.9 Å². The number of carbonyl (C=O) groups is 1. The molecule has 0 saturated carbocycles. The molecular weight excluding hydrogens is 350 g/mol. The fourth-order valence-electron chi connectivity index (χ4n) is 4.41. The van der Waals surface area contributed by atoms with E-state index in [-0.39, 0.29) is 11.8 Å². The number of amides is 2. The van der Waals surface area contributed by atoms with E-state index in [1.54, 1.807) is 17.0 Å². The molecule has 0 aliphatic carbocycles. The van der Waals surface area contributed by atoms with Gasteiger partial charge < -0.3 is 15.7 Å². The Morgan fingerprint density at radius 1 is 1.14 bits per heavy atom. The molecule has 0 atom stereocenters. The highest BCUT2D eigenvalue weighted by Crippen LogP contribution is 2.40. The van der Waals surface area contributed by atoms with Crippen molar-refractivity contribution in [2.75, 3.05) is 28.6 Å². The predicted molar refractivity (Wildman–Crippen MR) is 114 cm³/mol. The Balaban J connectivity index is 1.50. The van der Waals surface area contributed by atoms with E-state index in [0.717, 1.165) is 58.3 Å². The van der Waals surface area contributed by atoms with Gasteiger partial charge in [0.2, 0.25) is 0 Å². The summed E-state index contributed by atoms with van der Waals surface area (Å²) in [7, 11) is 0. The molecule has 2 aliphatic heterocycles. The van der Waals surface area contributed by atoms with Gasteiger partial charge in [-0.15, -0.1) is 0 Å². The van der Waals surface area contributed by atoms with Gasteiger partial charge in [0.05, 0.1) is 11.4 Å². The third kappa shape index (κ3) is 2.43. The highest BCUT2D eigenvalue weighted by Gasteiger charge is 2.28. The molecule has 140 valence electrons. The maximum absolute atomic E-state index is 13.1. The molecule has 0 aromatic heterocycles. The molecule has 5 heteroatoms. The first-order valence-corrected chi connectivity index (χ1v) is 9.51. The molecule has 5 rings (SSSR count). The number of benzene rings is 3. The fourth-order valence-corrected chi connectivity index (χ4v) is 4.41. The maximum Gasteiger partial charge on any atom is 0.326 e. The van der Waals surface area contributed by atoms with E-state index in [9.17, 15) is 9.90 Å². The summed E-state index contributed by atoms with van der Waals surface area (Å²) in [5, 5.41) is 18.7. The van der Waals surface area contributed by atoms with Crippen molar-refractivity contribution in [2.24, 2.45) is 0 Å². The minimum Gasteiger partial charge on any atom is -0.507 e. The van der Waals surface area contributed by atoms with E-state index >= 15 is 0 Å². The lowest BCUT2D eigenvalue weighted by molar-refractivity contribution is 0.257. The van der Waals surface area contributed by atoms with Crippen molar-refractivity contribution in [1.82, 2.24) is 0 Å². The van der Waals surface area contributed by atoms with Crippen LogP contribution < -0.4 is 15.5 Å². The Bertz CT molecular complexity index is 1140. The minimum absolute atomic E-state index is 0.192. The number of hydrogen-bond donors (Lipinski definition) is 3. The van der Waals surface area contributed by atoms with Gasteiger partial charge in [0.15, 0.2) is 0 Å². The molecule has 0 unspecified atom stereocenters. The van der Waals surface area contributed by atoms with Crippen molar-refractivity contribution in [3.05, 3.63) is 65.7 Å². The summed E-state index contributed by atoms with van der Waals surface area (Å²) in [6, 6.07) is 13.2. The highest BCUT2D eigenvalue weighted by molar-refractivity contribution is 6.07. The average molecular weight is 371 g/mol. The van der Waals surface area contributed by atoms with Gasteiger partial charge in [-0.05, 0) is 41.5 Å². The zero-order valence-electron chi connectivity index (χ0n) is 15.5. The molecule has 3 aromatic rings. The highest BCUT2D eigenvalue weighted by atomic mass is 16.3. The molecule has 0 saturated heterocycles. The van der Waals surface area contributed by atoms with Gasteiger partial charge in [0.1, 0.15) is 5.75 Å². The van der Waals surface area contributed by atoms with Crippen molar-refractivity contribution in [2.45, 2.75) is 12.8 Å². The second-order valence-corrected chi connectivity index (χ2v) is 7.20. The van der Waals surface area contributed by atoms with Gasteiger partial charge in [0.25, 0.3) is 0 Å². The molecule has 2 aliphatic rings. The number of fused-ring (bicyclic) bond motifs is 4. The summed E-state index contributed by atoms with van der Waals surface area (Å²) < 4.78 is 0. The fraction of sp³-hybridized carbons (Fsp3) is 0.174. The van der Waals surface area contributed by atoms with Gasteiger partial charge >= 0.3 is 6.03 Å². The van der Waals surface area contributed by atoms with Gasteiger partial charge in [-0.25, -0.2) is 4.79 Å². The molecule has 0 fully saturated rings. The normalized spacial score (nSPS) is 14.5. The monoisotopic (exact) mass is 371 g/mol. The molecular formula is C23H21N3O2. The van der Waals surface area contributed by atoms with Gasteiger partial charge in [-0.2, -0.15) is 0 Å². The summed E-state index contributed by atoms with van der Waals surface area (Å²) in [6.07, 6.45) is 3.50. The van der Waals surface area contributed by atoms with Crippen molar-refractivity contribution in [1.29, 1.82) is 0 Å².